The molecule has 2 N–H and O–H groups in total. The van der Waals surface area contributed by atoms with E-state index in [9.17, 15) is 9.59 Å². The van der Waals surface area contributed by atoms with Crippen LogP contribution in [0.15, 0.2) is 24.3 Å². The number of piperidine rings is 1. The zero-order valence-corrected chi connectivity index (χ0v) is 14.2. The summed E-state index contributed by atoms with van der Waals surface area (Å²) >= 11 is 0. The molecule has 0 atom stereocenters. The Kier molecular flexibility index (Phi) is 5.29. The van der Waals surface area contributed by atoms with Crippen LogP contribution >= 0.6 is 0 Å². The van der Waals surface area contributed by atoms with Gasteiger partial charge in [0.25, 0.3) is 0 Å². The number of primary amides is 1. The molecule has 0 radical (unpaired) electrons. The molecule has 5 heteroatoms. The summed E-state index contributed by atoms with van der Waals surface area (Å²) in [6.45, 7) is 7.22. The second kappa shape index (κ2) is 7.02. The van der Waals surface area contributed by atoms with Gasteiger partial charge in [0, 0.05) is 19.0 Å². The van der Waals surface area contributed by atoms with E-state index >= 15 is 0 Å². The Bertz CT molecular complexity index is 553. The number of likely N-dealkylation sites (tertiary alicyclic amines) is 1. The first kappa shape index (κ1) is 17.3. The number of hydrogen-bond donors (Lipinski definition) is 1. The Morgan fingerprint density at radius 1 is 1.17 bits per heavy atom. The highest BCUT2D eigenvalue weighted by molar-refractivity contribution is 5.80. The van der Waals surface area contributed by atoms with E-state index in [1.165, 1.54) is 0 Å². The standard InChI is InChI=1S/C18H26N2O3/c1-18(2,3)23-15-6-4-13(5-7-15)12-16(21)20-10-8-14(9-11-20)17(19)22/h4-7,14H,8-12H2,1-3H3,(H2,19,22). The van der Waals surface area contributed by atoms with Crippen molar-refractivity contribution in [3.8, 4) is 5.75 Å². The highest BCUT2D eigenvalue weighted by Gasteiger charge is 2.25. The van der Waals surface area contributed by atoms with Crippen molar-refractivity contribution >= 4 is 11.8 Å². The molecule has 1 saturated heterocycles. The molecule has 1 aromatic rings. The number of amides is 2. The van der Waals surface area contributed by atoms with Crippen molar-refractivity contribution in [3.63, 3.8) is 0 Å². The van der Waals surface area contributed by atoms with Gasteiger partial charge >= 0.3 is 0 Å². The molecule has 1 fully saturated rings. The largest absolute Gasteiger partial charge is 0.488 e. The molecule has 126 valence electrons. The number of nitrogens with two attached hydrogens (primary N) is 1. The van der Waals surface area contributed by atoms with Gasteiger partial charge in [-0.3, -0.25) is 9.59 Å². The van der Waals surface area contributed by atoms with Crippen LogP contribution in [0.3, 0.4) is 0 Å². The highest BCUT2D eigenvalue weighted by atomic mass is 16.5. The van der Waals surface area contributed by atoms with Gasteiger partial charge < -0.3 is 15.4 Å². The van der Waals surface area contributed by atoms with Gasteiger partial charge in [-0.25, -0.2) is 0 Å². The third-order valence-corrected chi connectivity index (χ3v) is 3.95. The topological polar surface area (TPSA) is 72.6 Å². The lowest BCUT2D eigenvalue weighted by atomic mass is 9.96. The van der Waals surface area contributed by atoms with Crippen LogP contribution in [0.4, 0.5) is 0 Å². The average molecular weight is 318 g/mol. The van der Waals surface area contributed by atoms with Gasteiger partial charge in [-0.2, -0.15) is 0 Å². The second-order valence-corrected chi connectivity index (χ2v) is 7.09. The number of ether oxygens (including phenoxy) is 1. The smallest absolute Gasteiger partial charge is 0.226 e. The molecule has 2 rings (SSSR count). The van der Waals surface area contributed by atoms with Crippen LogP contribution in [0.2, 0.25) is 0 Å². The molecule has 5 nitrogen and oxygen atoms in total. The van der Waals surface area contributed by atoms with E-state index < -0.39 is 0 Å². The SMILES string of the molecule is CC(C)(C)Oc1ccc(CC(=O)N2CCC(C(N)=O)CC2)cc1. The molecule has 1 aromatic carbocycles. The first-order valence-corrected chi connectivity index (χ1v) is 8.09. The Morgan fingerprint density at radius 2 is 1.74 bits per heavy atom. The minimum Gasteiger partial charge on any atom is -0.488 e. The summed E-state index contributed by atoms with van der Waals surface area (Å²) in [5, 5.41) is 0. The van der Waals surface area contributed by atoms with Gasteiger partial charge in [-0.15, -0.1) is 0 Å². The monoisotopic (exact) mass is 318 g/mol. The van der Waals surface area contributed by atoms with Crippen LogP contribution in [0.5, 0.6) is 5.75 Å². The first-order valence-electron chi connectivity index (χ1n) is 8.09. The maximum Gasteiger partial charge on any atom is 0.226 e. The van der Waals surface area contributed by atoms with E-state index in [1.807, 2.05) is 49.9 Å². The number of carbonyl (C=O) groups is 2. The zero-order valence-electron chi connectivity index (χ0n) is 14.2. The Hall–Kier alpha value is -2.04. The van der Waals surface area contributed by atoms with Crippen molar-refractivity contribution in [2.45, 2.75) is 45.6 Å². The predicted octanol–water partition coefficient (Wildman–Crippen LogP) is 2.13. The molecular formula is C18H26N2O3. The first-order chi connectivity index (χ1) is 10.7. The Labute approximate surface area is 137 Å². The van der Waals surface area contributed by atoms with Gasteiger partial charge in [0.2, 0.25) is 11.8 Å². The number of hydrogen-bond acceptors (Lipinski definition) is 3. The van der Waals surface area contributed by atoms with E-state index in [2.05, 4.69) is 0 Å². The lowest BCUT2D eigenvalue weighted by Crippen LogP contribution is -2.42. The molecule has 1 aliphatic heterocycles. The third kappa shape index (κ3) is 5.27. The maximum absolute atomic E-state index is 12.3. The van der Waals surface area contributed by atoms with Crippen molar-refractivity contribution in [3.05, 3.63) is 29.8 Å². The minimum atomic E-state index is -0.258. The van der Waals surface area contributed by atoms with E-state index in [1.54, 1.807) is 0 Å². The van der Waals surface area contributed by atoms with Crippen molar-refractivity contribution in [2.24, 2.45) is 11.7 Å². The number of benzene rings is 1. The van der Waals surface area contributed by atoms with Crippen LogP contribution in [0.1, 0.15) is 39.2 Å². The number of carbonyl (C=O) groups excluding carboxylic acids is 2. The van der Waals surface area contributed by atoms with Crippen LogP contribution in [-0.2, 0) is 16.0 Å². The van der Waals surface area contributed by atoms with Gasteiger partial charge in [-0.05, 0) is 51.3 Å². The molecule has 23 heavy (non-hydrogen) atoms. The molecule has 0 aromatic heterocycles. The third-order valence-electron chi connectivity index (χ3n) is 3.95. The molecule has 1 heterocycles. The van der Waals surface area contributed by atoms with E-state index in [4.69, 9.17) is 10.5 Å². The molecule has 0 saturated carbocycles. The number of rotatable bonds is 4. The van der Waals surface area contributed by atoms with Gasteiger partial charge in [0.1, 0.15) is 11.4 Å². The summed E-state index contributed by atoms with van der Waals surface area (Å²) in [5.74, 6) is 0.549. The van der Waals surface area contributed by atoms with Crippen LogP contribution in [-0.4, -0.2) is 35.4 Å². The predicted molar refractivity (Wildman–Crippen MR) is 89.0 cm³/mol. The normalized spacial score (nSPS) is 16.2. The van der Waals surface area contributed by atoms with Crippen molar-refractivity contribution in [1.82, 2.24) is 4.90 Å². The summed E-state index contributed by atoms with van der Waals surface area (Å²) < 4.78 is 5.77. The molecule has 0 unspecified atom stereocenters. The fourth-order valence-corrected chi connectivity index (χ4v) is 2.73. The Morgan fingerprint density at radius 3 is 2.22 bits per heavy atom. The minimum absolute atomic E-state index is 0.0899. The average Bonchev–Trinajstić information content (AvgIpc) is 2.48. The number of nitrogens with zero attached hydrogens (tertiary/aromatic N) is 1. The van der Waals surface area contributed by atoms with Crippen LogP contribution < -0.4 is 10.5 Å². The summed E-state index contributed by atoms with van der Waals surface area (Å²) in [7, 11) is 0. The van der Waals surface area contributed by atoms with Gasteiger partial charge in [0.15, 0.2) is 0 Å². The summed E-state index contributed by atoms with van der Waals surface area (Å²) in [6, 6.07) is 7.64. The zero-order chi connectivity index (χ0) is 17.0. The summed E-state index contributed by atoms with van der Waals surface area (Å²) in [4.78, 5) is 25.3. The summed E-state index contributed by atoms with van der Waals surface area (Å²) in [5.41, 5.74) is 6.05. The molecule has 2 amide bonds. The fourth-order valence-electron chi connectivity index (χ4n) is 2.73. The quantitative estimate of drug-likeness (QED) is 0.924. The van der Waals surface area contributed by atoms with Crippen molar-refractivity contribution < 1.29 is 14.3 Å². The van der Waals surface area contributed by atoms with Gasteiger partial charge in [-0.1, -0.05) is 12.1 Å². The Balaban J connectivity index is 1.87. The van der Waals surface area contributed by atoms with Gasteiger partial charge in [0.05, 0.1) is 6.42 Å². The molecule has 1 aliphatic rings. The fraction of sp³-hybridized carbons (Fsp3) is 0.556. The molecular weight excluding hydrogens is 292 g/mol. The van der Waals surface area contributed by atoms with Crippen LogP contribution in [0, 0.1) is 5.92 Å². The highest BCUT2D eigenvalue weighted by Crippen LogP contribution is 2.20. The van der Waals surface area contributed by atoms with E-state index in [0.29, 0.717) is 32.4 Å². The lowest BCUT2D eigenvalue weighted by Gasteiger charge is -2.30. The molecule has 0 spiro atoms. The van der Waals surface area contributed by atoms with Crippen LogP contribution in [0.25, 0.3) is 0 Å². The van der Waals surface area contributed by atoms with Crippen molar-refractivity contribution in [2.75, 3.05) is 13.1 Å². The van der Waals surface area contributed by atoms with E-state index in [0.717, 1.165) is 11.3 Å². The van der Waals surface area contributed by atoms with E-state index in [-0.39, 0.29) is 23.3 Å². The lowest BCUT2D eigenvalue weighted by molar-refractivity contribution is -0.134. The van der Waals surface area contributed by atoms with Crippen molar-refractivity contribution in [1.29, 1.82) is 0 Å². The molecule has 0 bridgehead atoms. The molecule has 0 aliphatic carbocycles. The second-order valence-electron chi connectivity index (χ2n) is 7.09. The summed E-state index contributed by atoms with van der Waals surface area (Å²) in [6.07, 6.45) is 1.70. The maximum atomic E-state index is 12.3.